The van der Waals surface area contributed by atoms with Gasteiger partial charge < -0.3 is 74.7 Å². The fourth-order valence-electron chi connectivity index (χ4n) is 12.2. The van der Waals surface area contributed by atoms with Gasteiger partial charge in [-0.25, -0.2) is 14.0 Å². The maximum atomic E-state index is 13.8. The quantitative estimate of drug-likeness (QED) is 0.0685. The van der Waals surface area contributed by atoms with Crippen LogP contribution in [-0.4, -0.2) is 192 Å². The summed E-state index contributed by atoms with van der Waals surface area (Å²) in [4.78, 5) is 70.0. The molecular weight excluding hydrogens is 1280 g/mol. The van der Waals surface area contributed by atoms with E-state index < -0.39 is 11.2 Å². The van der Waals surface area contributed by atoms with E-state index in [1.807, 2.05) is 91.7 Å². The van der Waals surface area contributed by atoms with Crippen molar-refractivity contribution in [3.05, 3.63) is 82.3 Å². The molecule has 5 amide bonds. The molecule has 8 aliphatic rings. The molecule has 4 unspecified atom stereocenters. The zero-order chi connectivity index (χ0) is 66.1. The van der Waals surface area contributed by atoms with Gasteiger partial charge in [-0.05, 0) is 97.4 Å². The molecule has 31 heteroatoms. The zero-order valence-electron chi connectivity index (χ0n) is 56.0. The van der Waals surface area contributed by atoms with Crippen molar-refractivity contribution in [2.45, 2.75) is 144 Å². The molecule has 0 radical (unpaired) electrons. The lowest BCUT2D eigenvalue weighted by Gasteiger charge is -2.30. The Bertz CT molecular complexity index is 3470. The van der Waals surface area contributed by atoms with Crippen LogP contribution in [0.15, 0.2) is 42.5 Å². The Morgan fingerprint density at radius 3 is 1.44 bits per heavy atom. The summed E-state index contributed by atoms with van der Waals surface area (Å²) in [7, 11) is 0. The molecule has 28 nitrogen and oxygen atoms in total. The largest absolute Gasteiger partial charge is 0.444 e. The number of hydrogen-bond acceptors (Lipinski definition) is 18. The highest BCUT2D eigenvalue weighted by molar-refractivity contribution is 5.99. The second-order valence-electron chi connectivity index (χ2n) is 27.1. The molecule has 1 aromatic carbocycles. The summed E-state index contributed by atoms with van der Waals surface area (Å²) in [6.07, 6.45) is 3.79. The van der Waals surface area contributed by atoms with Crippen LogP contribution < -0.4 is 26.6 Å². The molecule has 14 rings (SSSR count). The summed E-state index contributed by atoms with van der Waals surface area (Å²) in [5, 5.41) is 34.7. The molecule has 0 aliphatic carbocycles. The highest BCUT2D eigenvalue weighted by Gasteiger charge is 2.32. The Kier molecular flexibility index (Phi) is 24.7. The number of aryl methyl sites for hydroxylation is 1. The number of aromatic amines is 1. The number of aromatic nitrogens is 9. The smallest absolute Gasteiger partial charge is 0.410 e. The summed E-state index contributed by atoms with van der Waals surface area (Å²) in [5.41, 5.74) is 5.08. The molecule has 0 saturated carbocycles. The van der Waals surface area contributed by atoms with Crippen LogP contribution in [0.4, 0.5) is 37.3 Å². The van der Waals surface area contributed by atoms with E-state index in [0.717, 1.165) is 118 Å². The van der Waals surface area contributed by atoms with Gasteiger partial charge >= 0.3 is 12.2 Å². The third-order valence-electron chi connectivity index (χ3n) is 17.3. The summed E-state index contributed by atoms with van der Waals surface area (Å²) in [6.45, 7) is 28.3. The molecule has 6 N–H and O–H groups in total. The second-order valence-corrected chi connectivity index (χ2v) is 27.1. The average molecular weight is 1380 g/mol. The summed E-state index contributed by atoms with van der Waals surface area (Å²) in [6, 6.07) is 12.6. The first kappa shape index (κ1) is 72.7. The first-order valence-electron chi connectivity index (χ1n) is 33.1. The Hall–Kier alpha value is -7.54. The van der Waals surface area contributed by atoms with Gasteiger partial charge in [0.05, 0.1) is 107 Å². The zero-order valence-corrected chi connectivity index (χ0v) is 57.7. The van der Waals surface area contributed by atoms with Gasteiger partial charge in [-0.15, -0.1) is 24.8 Å². The Balaban J connectivity index is 0.000000152. The van der Waals surface area contributed by atoms with Gasteiger partial charge in [0.2, 0.25) is 11.8 Å². The van der Waals surface area contributed by atoms with Crippen molar-refractivity contribution in [2.75, 3.05) is 113 Å². The number of carbonyl (C=O) groups excluding carboxylic acids is 5. The first-order chi connectivity index (χ1) is 45.1. The first-order valence-corrected chi connectivity index (χ1v) is 33.1. The average Bonchev–Trinajstić information content (AvgIpc) is 1.65. The lowest BCUT2D eigenvalue weighted by molar-refractivity contribution is -0.120. The molecule has 4 atom stereocenters. The normalized spacial score (nSPS) is 20.2. The van der Waals surface area contributed by atoms with E-state index in [4.69, 9.17) is 28.4 Å². The number of nitrogens with one attached hydrogen (secondary N) is 6. The Labute approximate surface area is 570 Å². The van der Waals surface area contributed by atoms with E-state index in [1.165, 1.54) is 24.2 Å². The number of carbonyl (C=O) groups is 5. The second kappa shape index (κ2) is 32.7. The molecule has 0 spiro atoms. The van der Waals surface area contributed by atoms with Crippen molar-refractivity contribution in [2.24, 2.45) is 23.7 Å². The number of ether oxygens (including phenoxy) is 6. The maximum Gasteiger partial charge on any atom is 0.410 e. The molecule has 4 saturated heterocycles. The van der Waals surface area contributed by atoms with Crippen molar-refractivity contribution < 1.29 is 56.8 Å². The van der Waals surface area contributed by atoms with Crippen molar-refractivity contribution in [3.8, 4) is 0 Å². The summed E-state index contributed by atoms with van der Waals surface area (Å²) < 4.78 is 53.6. The Morgan fingerprint density at radius 2 is 0.990 bits per heavy atom. The van der Waals surface area contributed by atoms with E-state index in [9.17, 15) is 28.4 Å². The minimum atomic E-state index is -0.517. The molecule has 4 fully saturated rings. The van der Waals surface area contributed by atoms with Gasteiger partial charge in [0.1, 0.15) is 34.3 Å². The molecule has 6 aromatic rings. The van der Waals surface area contributed by atoms with Crippen molar-refractivity contribution >= 4 is 88.9 Å². The molecular formula is C65H94Cl2FN17O11. The third kappa shape index (κ3) is 19.4. The van der Waals surface area contributed by atoms with Crippen LogP contribution in [0.25, 0.3) is 10.9 Å². The number of amides is 5. The number of rotatable bonds is 12. The maximum absolute atomic E-state index is 13.8. The fraction of sp³-hybridized carbons (Fsp3) is 0.615. The molecule has 5 aromatic heterocycles. The number of benzene rings is 1. The van der Waals surface area contributed by atoms with Gasteiger partial charge in [0.15, 0.2) is 11.6 Å². The van der Waals surface area contributed by atoms with Gasteiger partial charge in [-0.1, -0.05) is 6.92 Å². The van der Waals surface area contributed by atoms with Crippen molar-refractivity contribution in [1.29, 1.82) is 0 Å². The van der Waals surface area contributed by atoms with Gasteiger partial charge in [-0.2, -0.15) is 20.4 Å². The van der Waals surface area contributed by atoms with Crippen LogP contribution in [0.3, 0.4) is 0 Å². The summed E-state index contributed by atoms with van der Waals surface area (Å²) in [5.74, 6) is 3.37. The highest BCUT2D eigenvalue weighted by Crippen LogP contribution is 2.28. The lowest BCUT2D eigenvalue weighted by atomic mass is 10.1. The lowest BCUT2D eigenvalue weighted by Crippen LogP contribution is -2.41. The number of halogens is 3. The van der Waals surface area contributed by atoms with E-state index in [2.05, 4.69) is 62.7 Å². The van der Waals surface area contributed by atoms with Gasteiger partial charge in [-0.3, -0.25) is 33.1 Å². The molecule has 526 valence electrons. The predicted octanol–water partition coefficient (Wildman–Crippen LogP) is 7.67. The standard InChI is InChI=1S/C22H26FN5O2.2C16H24N4O4.C11H18N4O.2ClH/c1-2-15-7-16(23)8-19-18(15)10-20(25-19)22(29)27-4-5-28-17(12-27)9-21(26-28)24-11-14-3-6-30-13-14;2*1-16(2,3)24-15(22)19-5-6-20-12(9-19)8-13(18-20)17-14(21)11-4-7-23-10-11;1-4-16-8-9(1)6-13-11-5-10-7-12-2-3-15(10)14-11;;/h7-10,14,25H,2-6,11-13H2,1H3,(H,24,26);2*8,11H,4-7,9-10H2,1-3H3,(H,17,18,21);5,9,12H,1-4,6-8H2,(H,13,14);2*1H. The molecule has 8 aliphatic heterocycles. The fourth-order valence-corrected chi connectivity index (χ4v) is 12.2. The topological polar surface area (TPSA) is 298 Å². The summed E-state index contributed by atoms with van der Waals surface area (Å²) >= 11 is 0. The molecule has 13 heterocycles. The molecule has 0 bridgehead atoms. The van der Waals surface area contributed by atoms with Crippen LogP contribution in [-0.2, 0) is 96.8 Å². The number of fused-ring (bicyclic) bond motifs is 5. The molecule has 96 heavy (non-hydrogen) atoms. The highest BCUT2D eigenvalue weighted by atomic mass is 35.5. The van der Waals surface area contributed by atoms with Crippen molar-refractivity contribution in [3.63, 3.8) is 0 Å². The van der Waals surface area contributed by atoms with Gasteiger partial charge in [0, 0.05) is 119 Å². The third-order valence-corrected chi connectivity index (χ3v) is 17.3. The van der Waals surface area contributed by atoms with Crippen LogP contribution in [0.1, 0.15) is 113 Å². The predicted molar refractivity (Wildman–Crippen MR) is 361 cm³/mol. The van der Waals surface area contributed by atoms with Crippen LogP contribution >= 0.6 is 24.8 Å². The number of hydrogen-bond donors (Lipinski definition) is 6. The van der Waals surface area contributed by atoms with E-state index in [-0.39, 0.29) is 72.4 Å². The minimum absolute atomic E-state index is 0. The number of H-pyrrole nitrogens is 1. The van der Waals surface area contributed by atoms with Crippen molar-refractivity contribution in [1.82, 2.24) is 64.1 Å². The monoisotopic (exact) mass is 1380 g/mol. The van der Waals surface area contributed by atoms with Gasteiger partial charge in [0.25, 0.3) is 5.91 Å². The minimum Gasteiger partial charge on any atom is -0.444 e. The van der Waals surface area contributed by atoms with E-state index in [1.54, 1.807) is 9.80 Å². The number of anilines is 4. The van der Waals surface area contributed by atoms with E-state index >= 15 is 0 Å². The van der Waals surface area contributed by atoms with E-state index in [0.29, 0.717) is 126 Å². The SMILES string of the molecule is CC(C)(C)OC(=O)N1CCn2nc(NC(=O)C3CCOC3)cc2C1.CC(C)(C)OC(=O)N1CCn2nc(NC(=O)C3CCOC3)cc2C1.CCc1cc(F)cc2[nH]c(C(=O)N3CCn4nc(NCC5CCOC5)cc4C3)cc12.Cl.Cl.c1c(NCC2CCOC2)nn2c1CNCC2. The van der Waals surface area contributed by atoms with Crippen LogP contribution in [0, 0.1) is 29.5 Å². The van der Waals surface area contributed by atoms with Crippen LogP contribution in [0.5, 0.6) is 0 Å². The van der Waals surface area contributed by atoms with Crippen LogP contribution in [0.2, 0.25) is 0 Å². The number of nitrogens with zero attached hydrogens (tertiary/aromatic N) is 11. The Morgan fingerprint density at radius 1 is 0.552 bits per heavy atom.